The minimum absolute atomic E-state index is 0.0463. The Balaban J connectivity index is 2.84. The summed E-state index contributed by atoms with van der Waals surface area (Å²) in [5.41, 5.74) is 6.82. The molecular formula is C10H15N3O. The predicted octanol–water partition coefficient (Wildman–Crippen LogP) is 0.817. The molecule has 0 spiro atoms. The molecule has 0 aliphatic rings. The third-order valence-corrected chi connectivity index (χ3v) is 2.05. The fourth-order valence-electron chi connectivity index (χ4n) is 0.994. The summed E-state index contributed by atoms with van der Waals surface area (Å²) in [6, 6.07) is 6.88. The van der Waals surface area contributed by atoms with Crippen molar-refractivity contribution in [1.82, 2.24) is 10.0 Å². The molecule has 0 saturated heterocycles. The lowest BCUT2D eigenvalue weighted by atomic mass is 10.2. The van der Waals surface area contributed by atoms with Gasteiger partial charge in [-0.2, -0.15) is 0 Å². The van der Waals surface area contributed by atoms with Crippen molar-refractivity contribution < 1.29 is 4.79 Å². The molecule has 0 aromatic heterocycles. The first-order chi connectivity index (χ1) is 6.52. The van der Waals surface area contributed by atoms with Crippen molar-refractivity contribution in [1.29, 1.82) is 0 Å². The van der Waals surface area contributed by atoms with E-state index >= 15 is 0 Å². The highest BCUT2D eigenvalue weighted by molar-refractivity contribution is 5.93. The van der Waals surface area contributed by atoms with Gasteiger partial charge < -0.3 is 5.73 Å². The first kappa shape index (κ1) is 10.5. The Labute approximate surface area is 83.9 Å². The number of carbonyl (C=O) groups is 1. The molecule has 0 aliphatic heterocycles. The van der Waals surface area contributed by atoms with Crippen LogP contribution in [0.1, 0.15) is 10.4 Å². The molecule has 1 aromatic rings. The monoisotopic (exact) mass is 193 g/mol. The van der Waals surface area contributed by atoms with Crippen LogP contribution in [0.15, 0.2) is 24.3 Å². The smallest absolute Gasteiger partial charge is 0.267 e. The van der Waals surface area contributed by atoms with Crippen LogP contribution >= 0.6 is 0 Å². The summed E-state index contributed by atoms with van der Waals surface area (Å²) in [4.78, 5) is 11.7. The molecule has 0 saturated carbocycles. The Morgan fingerprint density at radius 3 is 2.07 bits per heavy atom. The number of nitrogen functional groups attached to an aromatic ring is 1. The molecule has 4 heteroatoms. The number of amides is 1. The molecule has 0 radical (unpaired) electrons. The van der Waals surface area contributed by atoms with Crippen molar-refractivity contribution in [2.45, 2.75) is 0 Å². The zero-order valence-electron chi connectivity index (χ0n) is 8.69. The molecule has 1 amide bonds. The third kappa shape index (κ3) is 2.23. The number of nitrogens with two attached hydrogens (primary N) is 1. The average molecular weight is 193 g/mol. The van der Waals surface area contributed by atoms with Crippen LogP contribution in [0.25, 0.3) is 0 Å². The second-order valence-corrected chi connectivity index (χ2v) is 3.30. The Morgan fingerprint density at radius 1 is 1.14 bits per heavy atom. The zero-order valence-corrected chi connectivity index (χ0v) is 8.69. The van der Waals surface area contributed by atoms with Gasteiger partial charge in [0.15, 0.2) is 0 Å². The molecular weight excluding hydrogens is 178 g/mol. The highest BCUT2D eigenvalue weighted by atomic mass is 16.2. The van der Waals surface area contributed by atoms with E-state index in [-0.39, 0.29) is 5.91 Å². The van der Waals surface area contributed by atoms with Gasteiger partial charge in [-0.05, 0) is 24.3 Å². The van der Waals surface area contributed by atoms with E-state index in [2.05, 4.69) is 0 Å². The Morgan fingerprint density at radius 2 is 1.64 bits per heavy atom. The van der Waals surface area contributed by atoms with Crippen LogP contribution in [-0.4, -0.2) is 37.1 Å². The first-order valence-electron chi connectivity index (χ1n) is 4.33. The number of rotatable bonds is 2. The predicted molar refractivity (Wildman–Crippen MR) is 56.6 cm³/mol. The number of anilines is 1. The van der Waals surface area contributed by atoms with Crippen molar-refractivity contribution in [3.63, 3.8) is 0 Å². The third-order valence-electron chi connectivity index (χ3n) is 2.05. The fraction of sp³-hybridized carbons (Fsp3) is 0.300. The Hall–Kier alpha value is -1.55. The first-order valence-corrected chi connectivity index (χ1v) is 4.33. The van der Waals surface area contributed by atoms with Gasteiger partial charge in [0.1, 0.15) is 0 Å². The fourth-order valence-corrected chi connectivity index (χ4v) is 0.994. The highest BCUT2D eigenvalue weighted by Crippen LogP contribution is 2.08. The minimum atomic E-state index is -0.0463. The minimum Gasteiger partial charge on any atom is -0.399 e. The van der Waals surface area contributed by atoms with Gasteiger partial charge in [0.05, 0.1) is 0 Å². The van der Waals surface area contributed by atoms with Crippen molar-refractivity contribution in [3.8, 4) is 0 Å². The van der Waals surface area contributed by atoms with Crippen molar-refractivity contribution >= 4 is 11.6 Å². The summed E-state index contributed by atoms with van der Waals surface area (Å²) in [5.74, 6) is -0.0463. The van der Waals surface area contributed by atoms with Gasteiger partial charge in [-0.25, -0.2) is 5.01 Å². The maximum absolute atomic E-state index is 11.7. The lowest BCUT2D eigenvalue weighted by Crippen LogP contribution is -2.38. The number of benzene rings is 1. The second kappa shape index (κ2) is 4.11. The summed E-state index contributed by atoms with van der Waals surface area (Å²) in [6.07, 6.45) is 0. The average Bonchev–Trinajstić information content (AvgIpc) is 2.16. The SMILES string of the molecule is CN(C)N(C)C(=O)c1ccc(N)cc1. The van der Waals surface area contributed by atoms with Crippen LogP contribution in [0, 0.1) is 0 Å². The van der Waals surface area contributed by atoms with Crippen LogP contribution in [0.3, 0.4) is 0 Å². The molecule has 1 rings (SSSR count). The summed E-state index contributed by atoms with van der Waals surface area (Å²) in [5, 5.41) is 3.25. The van der Waals surface area contributed by atoms with Gasteiger partial charge in [0.25, 0.3) is 5.91 Å². The number of hydrogen-bond donors (Lipinski definition) is 1. The van der Waals surface area contributed by atoms with Crippen LogP contribution in [-0.2, 0) is 0 Å². The lowest BCUT2D eigenvalue weighted by molar-refractivity contribution is 0.0342. The molecule has 76 valence electrons. The summed E-state index contributed by atoms with van der Waals surface area (Å²) < 4.78 is 0. The number of nitrogens with zero attached hydrogens (tertiary/aromatic N) is 2. The quantitative estimate of drug-likeness (QED) is 0.558. The molecule has 0 bridgehead atoms. The summed E-state index contributed by atoms with van der Waals surface area (Å²) in [7, 11) is 5.35. The molecule has 4 nitrogen and oxygen atoms in total. The molecule has 1 aromatic carbocycles. The van der Waals surface area contributed by atoms with E-state index in [1.165, 1.54) is 5.01 Å². The molecule has 0 heterocycles. The maximum atomic E-state index is 11.7. The van der Waals surface area contributed by atoms with Crippen LogP contribution in [0.5, 0.6) is 0 Å². The molecule has 14 heavy (non-hydrogen) atoms. The second-order valence-electron chi connectivity index (χ2n) is 3.30. The largest absolute Gasteiger partial charge is 0.399 e. The van der Waals surface area contributed by atoms with E-state index in [4.69, 9.17) is 5.73 Å². The lowest BCUT2D eigenvalue weighted by Gasteiger charge is -2.24. The van der Waals surface area contributed by atoms with Crippen LogP contribution < -0.4 is 5.73 Å². The van der Waals surface area contributed by atoms with Crippen molar-refractivity contribution in [2.24, 2.45) is 0 Å². The van der Waals surface area contributed by atoms with Gasteiger partial charge in [-0.15, -0.1) is 0 Å². The molecule has 0 fully saturated rings. The normalized spacial score (nSPS) is 10.3. The number of carbonyl (C=O) groups excluding carboxylic acids is 1. The van der Waals surface area contributed by atoms with Gasteiger partial charge >= 0.3 is 0 Å². The molecule has 0 atom stereocenters. The van der Waals surface area contributed by atoms with E-state index in [1.807, 2.05) is 14.1 Å². The zero-order chi connectivity index (χ0) is 10.7. The van der Waals surface area contributed by atoms with Gasteiger partial charge in [-0.1, -0.05) is 0 Å². The van der Waals surface area contributed by atoms with E-state index in [9.17, 15) is 4.79 Å². The van der Waals surface area contributed by atoms with E-state index in [0.717, 1.165) is 0 Å². The standard InChI is InChI=1S/C10H15N3O/c1-12(2)13(3)10(14)8-4-6-9(11)7-5-8/h4-7H,11H2,1-3H3. The highest BCUT2D eigenvalue weighted by Gasteiger charge is 2.12. The number of hydrogen-bond acceptors (Lipinski definition) is 3. The van der Waals surface area contributed by atoms with Crippen LogP contribution in [0.2, 0.25) is 0 Å². The topological polar surface area (TPSA) is 49.6 Å². The Bertz CT molecular complexity index is 319. The summed E-state index contributed by atoms with van der Waals surface area (Å²) in [6.45, 7) is 0. The van der Waals surface area contributed by atoms with Gasteiger partial charge in [0.2, 0.25) is 0 Å². The van der Waals surface area contributed by atoms with Crippen LogP contribution in [0.4, 0.5) is 5.69 Å². The Kier molecular flexibility index (Phi) is 3.09. The van der Waals surface area contributed by atoms with E-state index < -0.39 is 0 Å². The van der Waals surface area contributed by atoms with E-state index in [1.54, 1.807) is 36.3 Å². The molecule has 0 unspecified atom stereocenters. The number of hydrazine groups is 1. The molecule has 0 aliphatic carbocycles. The van der Waals surface area contributed by atoms with Gasteiger partial charge in [-0.3, -0.25) is 9.80 Å². The summed E-state index contributed by atoms with van der Waals surface area (Å²) >= 11 is 0. The maximum Gasteiger partial charge on any atom is 0.267 e. The van der Waals surface area contributed by atoms with E-state index in [0.29, 0.717) is 11.3 Å². The van der Waals surface area contributed by atoms with Crippen molar-refractivity contribution in [3.05, 3.63) is 29.8 Å². The van der Waals surface area contributed by atoms with Crippen molar-refractivity contribution in [2.75, 3.05) is 26.9 Å². The molecule has 2 N–H and O–H groups in total. The van der Waals surface area contributed by atoms with Gasteiger partial charge in [0, 0.05) is 32.4 Å².